The number of aliphatic hydroxyl groups excluding tert-OH is 1. The highest BCUT2D eigenvalue weighted by Crippen LogP contribution is 2.35. The maximum Gasteiger partial charge on any atom is 0.407 e. The Bertz CT molecular complexity index is 273. The zero-order valence-electron chi connectivity index (χ0n) is 10.6. The van der Waals surface area contributed by atoms with Gasteiger partial charge in [-0.05, 0) is 19.5 Å². The smallest absolute Gasteiger partial charge is 0.407 e. The molecule has 0 aromatic rings. The molecule has 0 aromatic carbocycles. The van der Waals surface area contributed by atoms with Crippen LogP contribution in [0.4, 0.5) is 4.79 Å². The minimum absolute atomic E-state index is 0.143. The number of nitrogens with zero attached hydrogens (tertiary/aromatic N) is 2. The van der Waals surface area contributed by atoms with E-state index < -0.39 is 12.2 Å². The second kappa shape index (κ2) is 4.22. The largest absolute Gasteiger partial charge is 0.465 e. The molecule has 16 heavy (non-hydrogen) atoms. The van der Waals surface area contributed by atoms with Gasteiger partial charge >= 0.3 is 6.09 Å². The van der Waals surface area contributed by atoms with Crippen LogP contribution in [-0.4, -0.2) is 64.9 Å². The first-order valence-corrected chi connectivity index (χ1v) is 5.50. The fourth-order valence-corrected chi connectivity index (χ4v) is 2.62. The Kier molecular flexibility index (Phi) is 3.50. The lowest BCUT2D eigenvalue weighted by Gasteiger charge is -2.39. The SMILES string of the molecule is CN(C)C1C(O)CN(C(=O)O)C1C(C)(C)C. The third kappa shape index (κ3) is 2.30. The first-order chi connectivity index (χ1) is 7.16. The fourth-order valence-electron chi connectivity index (χ4n) is 2.62. The van der Waals surface area contributed by atoms with E-state index in [-0.39, 0.29) is 24.0 Å². The van der Waals surface area contributed by atoms with Crippen molar-refractivity contribution in [2.45, 2.75) is 39.0 Å². The first-order valence-electron chi connectivity index (χ1n) is 5.50. The number of carbonyl (C=O) groups is 1. The second-order valence-electron chi connectivity index (χ2n) is 5.77. The zero-order valence-corrected chi connectivity index (χ0v) is 10.6. The van der Waals surface area contributed by atoms with E-state index in [1.165, 1.54) is 4.90 Å². The van der Waals surface area contributed by atoms with E-state index in [4.69, 9.17) is 5.11 Å². The number of rotatable bonds is 1. The number of aliphatic hydroxyl groups is 1. The lowest BCUT2D eigenvalue weighted by Crippen LogP contribution is -2.52. The third-order valence-electron chi connectivity index (χ3n) is 3.17. The van der Waals surface area contributed by atoms with Crippen LogP contribution in [0.25, 0.3) is 0 Å². The fraction of sp³-hybridized carbons (Fsp3) is 0.909. The monoisotopic (exact) mass is 230 g/mol. The number of hydrogen-bond acceptors (Lipinski definition) is 3. The summed E-state index contributed by atoms with van der Waals surface area (Å²) in [5.74, 6) is 0. The van der Waals surface area contributed by atoms with E-state index >= 15 is 0 Å². The summed E-state index contributed by atoms with van der Waals surface area (Å²) in [4.78, 5) is 14.4. The number of β-amino-alcohol motifs (C(OH)–C–C–N with tert-alkyl or cyclic N) is 1. The Morgan fingerprint density at radius 1 is 1.38 bits per heavy atom. The van der Waals surface area contributed by atoms with Gasteiger partial charge in [-0.2, -0.15) is 0 Å². The highest BCUT2D eigenvalue weighted by atomic mass is 16.4. The van der Waals surface area contributed by atoms with Crippen molar-refractivity contribution < 1.29 is 15.0 Å². The standard InChI is InChI=1S/C11H22N2O3/c1-11(2,3)9-8(12(4)5)7(14)6-13(9)10(15)16/h7-9,14H,6H2,1-5H3,(H,15,16). The molecule has 0 radical (unpaired) electrons. The summed E-state index contributed by atoms with van der Waals surface area (Å²) < 4.78 is 0. The lowest BCUT2D eigenvalue weighted by atomic mass is 9.82. The van der Waals surface area contributed by atoms with Gasteiger partial charge in [-0.15, -0.1) is 0 Å². The van der Waals surface area contributed by atoms with Gasteiger partial charge in [-0.1, -0.05) is 20.8 Å². The molecule has 1 fully saturated rings. The quantitative estimate of drug-likeness (QED) is 0.695. The number of carboxylic acid groups (broad SMARTS) is 1. The van der Waals surface area contributed by atoms with Crippen LogP contribution >= 0.6 is 0 Å². The predicted octanol–water partition coefficient (Wildman–Crippen LogP) is 0.686. The van der Waals surface area contributed by atoms with Crippen molar-refractivity contribution >= 4 is 6.09 Å². The number of hydrogen-bond donors (Lipinski definition) is 2. The van der Waals surface area contributed by atoms with E-state index in [1.807, 2.05) is 39.8 Å². The summed E-state index contributed by atoms with van der Waals surface area (Å²) >= 11 is 0. The van der Waals surface area contributed by atoms with Crippen molar-refractivity contribution in [1.82, 2.24) is 9.80 Å². The van der Waals surface area contributed by atoms with Gasteiger partial charge in [0.2, 0.25) is 0 Å². The van der Waals surface area contributed by atoms with Crippen molar-refractivity contribution in [1.29, 1.82) is 0 Å². The minimum Gasteiger partial charge on any atom is -0.465 e. The molecule has 0 aromatic heterocycles. The topological polar surface area (TPSA) is 64.0 Å². The Labute approximate surface area is 96.7 Å². The molecule has 0 aliphatic carbocycles. The van der Waals surface area contributed by atoms with Gasteiger partial charge in [0.05, 0.1) is 24.7 Å². The highest BCUT2D eigenvalue weighted by molar-refractivity contribution is 5.66. The van der Waals surface area contributed by atoms with Gasteiger partial charge in [0, 0.05) is 0 Å². The molecular formula is C11H22N2O3. The van der Waals surface area contributed by atoms with Gasteiger partial charge in [-0.3, -0.25) is 0 Å². The van der Waals surface area contributed by atoms with Crippen LogP contribution in [-0.2, 0) is 0 Å². The molecule has 0 saturated carbocycles. The van der Waals surface area contributed by atoms with Gasteiger partial charge in [-0.25, -0.2) is 4.79 Å². The molecule has 3 atom stereocenters. The molecule has 1 aliphatic heterocycles. The molecule has 94 valence electrons. The highest BCUT2D eigenvalue weighted by Gasteiger charge is 2.49. The average molecular weight is 230 g/mol. The Balaban J connectivity index is 3.05. The summed E-state index contributed by atoms with van der Waals surface area (Å²) in [6.45, 7) is 6.20. The summed E-state index contributed by atoms with van der Waals surface area (Å²) in [6.07, 6.45) is -1.57. The molecule has 2 N–H and O–H groups in total. The van der Waals surface area contributed by atoms with Crippen molar-refractivity contribution in [3.05, 3.63) is 0 Å². The average Bonchev–Trinajstić information content (AvgIpc) is 2.41. The van der Waals surface area contributed by atoms with Crippen LogP contribution in [0.3, 0.4) is 0 Å². The van der Waals surface area contributed by atoms with Gasteiger partial charge < -0.3 is 20.0 Å². The molecular weight excluding hydrogens is 208 g/mol. The van der Waals surface area contributed by atoms with Crippen LogP contribution in [0.5, 0.6) is 0 Å². The Hall–Kier alpha value is -0.810. The number of likely N-dealkylation sites (N-methyl/N-ethyl adjacent to an activating group) is 1. The zero-order chi connectivity index (χ0) is 12.7. The molecule has 1 aliphatic rings. The van der Waals surface area contributed by atoms with Crippen molar-refractivity contribution in [2.24, 2.45) is 5.41 Å². The molecule has 0 bridgehead atoms. The molecule has 1 rings (SSSR count). The van der Waals surface area contributed by atoms with Crippen molar-refractivity contribution in [3.8, 4) is 0 Å². The maximum atomic E-state index is 11.2. The summed E-state index contributed by atoms with van der Waals surface area (Å²) in [6, 6.07) is -0.328. The summed E-state index contributed by atoms with van der Waals surface area (Å²) in [7, 11) is 3.75. The van der Waals surface area contributed by atoms with E-state index in [1.54, 1.807) is 0 Å². The maximum absolute atomic E-state index is 11.2. The van der Waals surface area contributed by atoms with Crippen LogP contribution in [0, 0.1) is 5.41 Å². The van der Waals surface area contributed by atoms with E-state index in [0.29, 0.717) is 0 Å². The predicted molar refractivity (Wildman–Crippen MR) is 61.5 cm³/mol. The van der Waals surface area contributed by atoms with Gasteiger partial charge in [0.15, 0.2) is 0 Å². The van der Waals surface area contributed by atoms with Gasteiger partial charge in [0.1, 0.15) is 0 Å². The van der Waals surface area contributed by atoms with E-state index in [0.717, 1.165) is 0 Å². The van der Waals surface area contributed by atoms with Gasteiger partial charge in [0.25, 0.3) is 0 Å². The Morgan fingerprint density at radius 3 is 2.19 bits per heavy atom. The normalized spacial score (nSPS) is 31.2. The molecule has 5 nitrogen and oxygen atoms in total. The molecule has 3 unspecified atom stereocenters. The molecule has 1 amide bonds. The van der Waals surface area contributed by atoms with E-state index in [2.05, 4.69) is 0 Å². The molecule has 5 heteroatoms. The van der Waals surface area contributed by atoms with E-state index in [9.17, 15) is 9.90 Å². The molecule has 1 heterocycles. The summed E-state index contributed by atoms with van der Waals surface area (Å²) in [5, 5.41) is 19.1. The molecule has 0 spiro atoms. The number of amides is 1. The number of likely N-dealkylation sites (tertiary alicyclic amines) is 1. The third-order valence-corrected chi connectivity index (χ3v) is 3.17. The first kappa shape index (κ1) is 13.3. The lowest BCUT2D eigenvalue weighted by molar-refractivity contribution is 0.0617. The Morgan fingerprint density at radius 2 is 1.88 bits per heavy atom. The van der Waals surface area contributed by atoms with Crippen LogP contribution in [0.15, 0.2) is 0 Å². The summed E-state index contributed by atoms with van der Waals surface area (Å²) in [5.41, 5.74) is -0.190. The van der Waals surface area contributed by atoms with Crippen LogP contribution in [0.1, 0.15) is 20.8 Å². The van der Waals surface area contributed by atoms with Crippen molar-refractivity contribution in [3.63, 3.8) is 0 Å². The van der Waals surface area contributed by atoms with Crippen molar-refractivity contribution in [2.75, 3.05) is 20.6 Å². The minimum atomic E-state index is -0.955. The van der Waals surface area contributed by atoms with Crippen LogP contribution in [0.2, 0.25) is 0 Å². The second-order valence-corrected chi connectivity index (χ2v) is 5.77. The molecule has 1 saturated heterocycles. The van der Waals surface area contributed by atoms with Crippen LogP contribution < -0.4 is 0 Å².